The molecule has 2 heterocycles. The Hall–Kier alpha value is -1.69. The van der Waals surface area contributed by atoms with Crippen LogP contribution in [0.25, 0.3) is 0 Å². The van der Waals surface area contributed by atoms with Crippen LogP contribution < -0.4 is 5.73 Å². The van der Waals surface area contributed by atoms with Crippen LogP contribution in [-0.4, -0.2) is 46.1 Å². The highest BCUT2D eigenvalue weighted by Crippen LogP contribution is 2.17. The first-order chi connectivity index (χ1) is 7.98. The highest BCUT2D eigenvalue weighted by atomic mass is 16.5. The van der Waals surface area contributed by atoms with E-state index in [2.05, 4.69) is 9.97 Å². The van der Waals surface area contributed by atoms with E-state index in [1.807, 2.05) is 13.8 Å². The van der Waals surface area contributed by atoms with Crippen LogP contribution in [0, 0.1) is 0 Å². The quantitative estimate of drug-likeness (QED) is 0.759. The maximum Gasteiger partial charge on any atom is 0.274 e. The summed E-state index contributed by atoms with van der Waals surface area (Å²) in [5.41, 5.74) is 5.47. The van der Waals surface area contributed by atoms with E-state index >= 15 is 0 Å². The van der Waals surface area contributed by atoms with Crippen molar-refractivity contribution in [2.75, 3.05) is 25.4 Å². The lowest BCUT2D eigenvalue weighted by atomic mass is 10.1. The summed E-state index contributed by atoms with van der Waals surface area (Å²) in [5, 5.41) is 0. The Morgan fingerprint density at radius 2 is 2.29 bits per heavy atom. The fourth-order valence-electron chi connectivity index (χ4n) is 1.84. The number of rotatable bonds is 1. The van der Waals surface area contributed by atoms with Crippen molar-refractivity contribution in [3.63, 3.8) is 0 Å². The molecule has 2 N–H and O–H groups in total. The highest BCUT2D eigenvalue weighted by molar-refractivity contribution is 5.92. The van der Waals surface area contributed by atoms with E-state index in [9.17, 15) is 4.79 Å². The molecular weight excluding hydrogens is 220 g/mol. The number of carbonyl (C=O) groups is 1. The average Bonchev–Trinajstić information content (AvgIpc) is 2.26. The van der Waals surface area contributed by atoms with E-state index in [4.69, 9.17) is 10.5 Å². The number of hydrogen-bond donors (Lipinski definition) is 1. The van der Waals surface area contributed by atoms with Crippen LogP contribution in [0.5, 0.6) is 0 Å². The molecule has 6 nitrogen and oxygen atoms in total. The maximum atomic E-state index is 12.2. The molecule has 2 rings (SSSR count). The summed E-state index contributed by atoms with van der Waals surface area (Å²) in [7, 11) is 0. The molecule has 1 fully saturated rings. The second kappa shape index (κ2) is 4.29. The van der Waals surface area contributed by atoms with Gasteiger partial charge in [0.25, 0.3) is 5.91 Å². The van der Waals surface area contributed by atoms with Gasteiger partial charge in [-0.2, -0.15) is 0 Å². The first kappa shape index (κ1) is 11.8. The number of ether oxygens (including phenoxy) is 1. The molecule has 6 heteroatoms. The van der Waals surface area contributed by atoms with Gasteiger partial charge in [-0.15, -0.1) is 0 Å². The number of carbonyl (C=O) groups excluding carboxylic acids is 1. The summed E-state index contributed by atoms with van der Waals surface area (Å²) in [6.07, 6.45) is 2.85. The normalized spacial score (nSPS) is 19.1. The molecule has 92 valence electrons. The SMILES string of the molecule is CC1(C)CN(C(=O)c2cncc(N)n2)CCO1. The average molecular weight is 236 g/mol. The van der Waals surface area contributed by atoms with Crippen LogP contribution in [0.2, 0.25) is 0 Å². The van der Waals surface area contributed by atoms with E-state index in [1.54, 1.807) is 4.90 Å². The topological polar surface area (TPSA) is 81.3 Å². The van der Waals surface area contributed by atoms with Crippen LogP contribution >= 0.6 is 0 Å². The first-order valence-corrected chi connectivity index (χ1v) is 5.49. The molecule has 1 aromatic rings. The molecule has 1 aliphatic heterocycles. The van der Waals surface area contributed by atoms with Crippen LogP contribution in [0.3, 0.4) is 0 Å². The zero-order chi connectivity index (χ0) is 12.5. The van der Waals surface area contributed by atoms with Crippen molar-refractivity contribution in [3.05, 3.63) is 18.1 Å². The third-order valence-electron chi connectivity index (χ3n) is 2.59. The number of anilines is 1. The van der Waals surface area contributed by atoms with Gasteiger partial charge in [0.2, 0.25) is 0 Å². The van der Waals surface area contributed by atoms with E-state index in [1.165, 1.54) is 12.4 Å². The summed E-state index contributed by atoms with van der Waals surface area (Å²) in [5.74, 6) is 0.101. The van der Waals surface area contributed by atoms with Crippen LogP contribution in [-0.2, 0) is 4.74 Å². The molecule has 17 heavy (non-hydrogen) atoms. The number of amides is 1. The number of hydrogen-bond acceptors (Lipinski definition) is 5. The molecule has 0 bridgehead atoms. The van der Waals surface area contributed by atoms with Crippen molar-refractivity contribution in [2.24, 2.45) is 0 Å². The number of aromatic nitrogens is 2. The van der Waals surface area contributed by atoms with Gasteiger partial charge in [-0.25, -0.2) is 4.98 Å². The molecule has 0 saturated carbocycles. The smallest absolute Gasteiger partial charge is 0.274 e. The minimum atomic E-state index is -0.318. The van der Waals surface area contributed by atoms with Crippen molar-refractivity contribution in [1.29, 1.82) is 0 Å². The van der Waals surface area contributed by atoms with Crippen molar-refractivity contribution in [3.8, 4) is 0 Å². The minimum Gasteiger partial charge on any atom is -0.382 e. The maximum absolute atomic E-state index is 12.2. The van der Waals surface area contributed by atoms with Crippen molar-refractivity contribution >= 4 is 11.7 Å². The Labute approximate surface area is 99.8 Å². The van der Waals surface area contributed by atoms with Gasteiger partial charge in [-0.05, 0) is 13.8 Å². The van der Waals surface area contributed by atoms with Gasteiger partial charge < -0.3 is 15.4 Å². The highest BCUT2D eigenvalue weighted by Gasteiger charge is 2.30. The Kier molecular flexibility index (Phi) is 2.97. The molecule has 0 atom stereocenters. The predicted molar refractivity (Wildman–Crippen MR) is 62.4 cm³/mol. The van der Waals surface area contributed by atoms with E-state index in [0.717, 1.165) is 0 Å². The molecule has 1 aromatic heterocycles. The third kappa shape index (κ3) is 2.71. The van der Waals surface area contributed by atoms with Crippen LogP contribution in [0.1, 0.15) is 24.3 Å². The van der Waals surface area contributed by atoms with Gasteiger partial charge in [-0.1, -0.05) is 0 Å². The zero-order valence-corrected chi connectivity index (χ0v) is 10.0. The van der Waals surface area contributed by atoms with Crippen molar-refractivity contribution < 1.29 is 9.53 Å². The van der Waals surface area contributed by atoms with E-state index < -0.39 is 0 Å². The number of morpholine rings is 1. The number of nitrogens with two attached hydrogens (primary N) is 1. The van der Waals surface area contributed by atoms with Gasteiger partial charge in [0.05, 0.1) is 24.6 Å². The van der Waals surface area contributed by atoms with Gasteiger partial charge in [0.15, 0.2) is 0 Å². The molecule has 0 unspecified atom stereocenters. The fourth-order valence-corrected chi connectivity index (χ4v) is 1.84. The lowest BCUT2D eigenvalue weighted by molar-refractivity contribution is -0.0765. The zero-order valence-electron chi connectivity index (χ0n) is 10.0. The third-order valence-corrected chi connectivity index (χ3v) is 2.59. The fraction of sp³-hybridized carbons (Fsp3) is 0.545. The summed E-state index contributed by atoms with van der Waals surface area (Å²) < 4.78 is 5.55. The van der Waals surface area contributed by atoms with Gasteiger partial charge >= 0.3 is 0 Å². The van der Waals surface area contributed by atoms with Crippen molar-refractivity contribution in [2.45, 2.75) is 19.4 Å². The molecule has 1 aliphatic rings. The second-order valence-electron chi connectivity index (χ2n) is 4.66. The van der Waals surface area contributed by atoms with Gasteiger partial charge in [0, 0.05) is 13.1 Å². The summed E-state index contributed by atoms with van der Waals surface area (Å²) >= 11 is 0. The number of nitrogen functional groups attached to an aromatic ring is 1. The Morgan fingerprint density at radius 1 is 1.53 bits per heavy atom. The molecule has 1 amide bonds. The van der Waals surface area contributed by atoms with E-state index in [0.29, 0.717) is 19.7 Å². The van der Waals surface area contributed by atoms with Crippen LogP contribution in [0.4, 0.5) is 5.82 Å². The Balaban J connectivity index is 2.15. The predicted octanol–water partition coefficient (Wildman–Crippen LogP) is 0.310. The summed E-state index contributed by atoms with van der Waals surface area (Å²) in [6.45, 7) is 5.56. The standard InChI is InChI=1S/C11H16N4O2/c1-11(2)7-15(3-4-17-11)10(16)8-5-13-6-9(12)14-8/h5-6H,3-4,7H2,1-2H3,(H2,12,14). The van der Waals surface area contributed by atoms with Crippen LogP contribution in [0.15, 0.2) is 12.4 Å². The molecule has 0 spiro atoms. The molecule has 1 saturated heterocycles. The van der Waals surface area contributed by atoms with Gasteiger partial charge in [0.1, 0.15) is 11.5 Å². The Morgan fingerprint density at radius 3 is 2.94 bits per heavy atom. The molecular formula is C11H16N4O2. The molecule has 0 aromatic carbocycles. The first-order valence-electron chi connectivity index (χ1n) is 5.49. The van der Waals surface area contributed by atoms with Crippen molar-refractivity contribution in [1.82, 2.24) is 14.9 Å². The second-order valence-corrected chi connectivity index (χ2v) is 4.66. The summed E-state index contributed by atoms with van der Waals surface area (Å²) in [6, 6.07) is 0. The summed E-state index contributed by atoms with van der Waals surface area (Å²) in [4.78, 5) is 21.7. The number of nitrogens with zero attached hydrogens (tertiary/aromatic N) is 3. The monoisotopic (exact) mass is 236 g/mol. The molecule has 0 aliphatic carbocycles. The minimum absolute atomic E-state index is 0.152. The lowest BCUT2D eigenvalue weighted by Gasteiger charge is -2.37. The Bertz CT molecular complexity index is 433. The molecule has 0 radical (unpaired) electrons. The van der Waals surface area contributed by atoms with Gasteiger partial charge in [-0.3, -0.25) is 9.78 Å². The lowest BCUT2D eigenvalue weighted by Crippen LogP contribution is -2.50. The largest absolute Gasteiger partial charge is 0.382 e. The van der Waals surface area contributed by atoms with E-state index in [-0.39, 0.29) is 23.0 Å².